The van der Waals surface area contributed by atoms with E-state index in [1.54, 1.807) is 24.1 Å². The van der Waals surface area contributed by atoms with E-state index >= 15 is 0 Å². The fraction of sp³-hybridized carbons (Fsp3) is 0.462. The SMILES string of the molecule is CCN(CCCCl)C(=O)c1cccc(OC)c1. The number of hydrogen-bond donors (Lipinski definition) is 0. The van der Waals surface area contributed by atoms with Gasteiger partial charge in [0.1, 0.15) is 5.75 Å². The number of amides is 1. The number of ether oxygens (including phenoxy) is 1. The maximum atomic E-state index is 12.2. The molecule has 1 aromatic rings. The van der Waals surface area contributed by atoms with Gasteiger partial charge in [-0.1, -0.05) is 6.07 Å². The van der Waals surface area contributed by atoms with Crippen LogP contribution in [0.3, 0.4) is 0 Å². The second-order valence-corrected chi connectivity index (χ2v) is 4.04. The average molecular weight is 256 g/mol. The van der Waals surface area contributed by atoms with E-state index < -0.39 is 0 Å². The van der Waals surface area contributed by atoms with Crippen LogP contribution in [-0.2, 0) is 0 Å². The summed E-state index contributed by atoms with van der Waals surface area (Å²) in [5.41, 5.74) is 0.653. The Balaban J connectivity index is 2.78. The summed E-state index contributed by atoms with van der Waals surface area (Å²) in [7, 11) is 1.59. The maximum absolute atomic E-state index is 12.2. The molecular weight excluding hydrogens is 238 g/mol. The molecule has 3 nitrogen and oxygen atoms in total. The molecule has 0 saturated carbocycles. The van der Waals surface area contributed by atoms with Gasteiger partial charge < -0.3 is 9.64 Å². The monoisotopic (exact) mass is 255 g/mol. The molecule has 0 spiro atoms. The fourth-order valence-electron chi connectivity index (χ4n) is 1.59. The van der Waals surface area contributed by atoms with Crippen LogP contribution in [0.4, 0.5) is 0 Å². The van der Waals surface area contributed by atoms with E-state index in [9.17, 15) is 4.79 Å². The topological polar surface area (TPSA) is 29.5 Å². The second-order valence-electron chi connectivity index (χ2n) is 3.66. The molecule has 0 unspecified atom stereocenters. The summed E-state index contributed by atoms with van der Waals surface area (Å²) in [5.74, 6) is 1.29. The highest BCUT2D eigenvalue weighted by molar-refractivity contribution is 6.17. The molecule has 0 radical (unpaired) electrons. The van der Waals surface area contributed by atoms with Crippen LogP contribution < -0.4 is 4.74 Å². The Morgan fingerprint density at radius 2 is 2.24 bits per heavy atom. The van der Waals surface area contributed by atoms with Crippen molar-refractivity contribution in [2.75, 3.05) is 26.1 Å². The summed E-state index contributed by atoms with van der Waals surface area (Å²) >= 11 is 5.64. The largest absolute Gasteiger partial charge is 0.497 e. The number of methoxy groups -OCH3 is 1. The van der Waals surface area contributed by atoms with E-state index in [1.807, 2.05) is 19.1 Å². The van der Waals surface area contributed by atoms with Crippen molar-refractivity contribution in [3.63, 3.8) is 0 Å². The van der Waals surface area contributed by atoms with Gasteiger partial charge in [0.2, 0.25) is 0 Å². The Morgan fingerprint density at radius 3 is 2.82 bits per heavy atom. The molecule has 0 aliphatic carbocycles. The Bertz CT molecular complexity index is 368. The summed E-state index contributed by atoms with van der Waals surface area (Å²) < 4.78 is 5.11. The minimum Gasteiger partial charge on any atom is -0.497 e. The summed E-state index contributed by atoms with van der Waals surface area (Å²) in [6, 6.07) is 7.20. The normalized spacial score (nSPS) is 10.1. The van der Waals surface area contributed by atoms with Crippen molar-refractivity contribution in [3.05, 3.63) is 29.8 Å². The Morgan fingerprint density at radius 1 is 1.47 bits per heavy atom. The van der Waals surface area contributed by atoms with E-state index in [0.717, 1.165) is 6.42 Å². The zero-order valence-corrected chi connectivity index (χ0v) is 11.0. The Labute approximate surface area is 107 Å². The third-order valence-electron chi connectivity index (χ3n) is 2.55. The molecule has 0 fully saturated rings. The number of benzene rings is 1. The van der Waals surface area contributed by atoms with E-state index in [2.05, 4.69) is 0 Å². The number of carbonyl (C=O) groups excluding carboxylic acids is 1. The van der Waals surface area contributed by atoms with Gasteiger partial charge in [-0.05, 0) is 31.5 Å². The number of carbonyl (C=O) groups is 1. The van der Waals surface area contributed by atoms with Gasteiger partial charge in [-0.15, -0.1) is 11.6 Å². The van der Waals surface area contributed by atoms with Crippen molar-refractivity contribution in [2.45, 2.75) is 13.3 Å². The average Bonchev–Trinajstić information content (AvgIpc) is 2.39. The lowest BCUT2D eigenvalue weighted by molar-refractivity contribution is 0.0764. The highest BCUT2D eigenvalue weighted by Gasteiger charge is 2.13. The van der Waals surface area contributed by atoms with Gasteiger partial charge in [0.05, 0.1) is 7.11 Å². The van der Waals surface area contributed by atoms with E-state index in [4.69, 9.17) is 16.3 Å². The molecule has 94 valence electrons. The first-order valence-electron chi connectivity index (χ1n) is 5.72. The third-order valence-corrected chi connectivity index (χ3v) is 2.81. The van der Waals surface area contributed by atoms with Crippen LogP contribution in [-0.4, -0.2) is 36.9 Å². The predicted molar refractivity (Wildman–Crippen MR) is 69.9 cm³/mol. The third kappa shape index (κ3) is 3.93. The smallest absolute Gasteiger partial charge is 0.253 e. The molecule has 0 aromatic heterocycles. The first-order chi connectivity index (χ1) is 8.22. The zero-order valence-electron chi connectivity index (χ0n) is 10.3. The van der Waals surface area contributed by atoms with E-state index in [-0.39, 0.29) is 5.91 Å². The van der Waals surface area contributed by atoms with Crippen LogP contribution in [0.15, 0.2) is 24.3 Å². The molecule has 0 aliphatic heterocycles. The molecule has 1 amide bonds. The zero-order chi connectivity index (χ0) is 12.7. The van der Waals surface area contributed by atoms with Gasteiger partial charge in [0.25, 0.3) is 5.91 Å². The molecule has 0 bridgehead atoms. The summed E-state index contributed by atoms with van der Waals surface area (Å²) in [5, 5.41) is 0. The van der Waals surface area contributed by atoms with Crippen LogP contribution in [0.1, 0.15) is 23.7 Å². The standard InChI is InChI=1S/C13H18ClNO2/c1-3-15(9-5-8-14)13(16)11-6-4-7-12(10-11)17-2/h4,6-7,10H,3,5,8-9H2,1-2H3. The predicted octanol–water partition coefficient (Wildman–Crippen LogP) is 2.79. The number of nitrogens with zero attached hydrogens (tertiary/aromatic N) is 1. The number of halogens is 1. The first kappa shape index (κ1) is 13.8. The fourth-order valence-corrected chi connectivity index (χ4v) is 1.71. The minimum atomic E-state index is 0.0246. The molecular formula is C13H18ClNO2. The molecule has 0 N–H and O–H groups in total. The summed E-state index contributed by atoms with van der Waals surface area (Å²) in [4.78, 5) is 14.0. The Hall–Kier alpha value is -1.22. The minimum absolute atomic E-state index is 0.0246. The second kappa shape index (κ2) is 7.17. The number of rotatable bonds is 6. The number of alkyl halides is 1. The lowest BCUT2D eigenvalue weighted by Crippen LogP contribution is -2.31. The Kier molecular flexibility index (Phi) is 5.84. The molecule has 0 aliphatic rings. The quantitative estimate of drug-likeness (QED) is 0.732. The van der Waals surface area contributed by atoms with Crippen molar-refractivity contribution in [3.8, 4) is 5.75 Å². The highest BCUT2D eigenvalue weighted by atomic mass is 35.5. The summed E-state index contributed by atoms with van der Waals surface area (Å²) in [6.45, 7) is 3.34. The van der Waals surface area contributed by atoms with Crippen molar-refractivity contribution in [1.82, 2.24) is 4.90 Å². The van der Waals surface area contributed by atoms with Crippen LogP contribution in [0.2, 0.25) is 0 Å². The lowest BCUT2D eigenvalue weighted by atomic mass is 10.2. The van der Waals surface area contributed by atoms with Crippen molar-refractivity contribution in [2.24, 2.45) is 0 Å². The highest BCUT2D eigenvalue weighted by Crippen LogP contribution is 2.14. The molecule has 0 heterocycles. The van der Waals surface area contributed by atoms with E-state index in [1.165, 1.54) is 0 Å². The van der Waals surface area contributed by atoms with Crippen LogP contribution >= 0.6 is 11.6 Å². The maximum Gasteiger partial charge on any atom is 0.253 e. The molecule has 4 heteroatoms. The van der Waals surface area contributed by atoms with Crippen LogP contribution in [0.5, 0.6) is 5.75 Å². The molecule has 1 aromatic carbocycles. The van der Waals surface area contributed by atoms with Gasteiger partial charge in [-0.2, -0.15) is 0 Å². The van der Waals surface area contributed by atoms with Crippen molar-refractivity contribution >= 4 is 17.5 Å². The van der Waals surface area contributed by atoms with Gasteiger partial charge in [-0.25, -0.2) is 0 Å². The number of hydrogen-bond acceptors (Lipinski definition) is 2. The van der Waals surface area contributed by atoms with Crippen molar-refractivity contribution in [1.29, 1.82) is 0 Å². The molecule has 0 atom stereocenters. The van der Waals surface area contributed by atoms with Crippen LogP contribution in [0, 0.1) is 0 Å². The molecule has 0 saturated heterocycles. The van der Waals surface area contributed by atoms with Crippen molar-refractivity contribution < 1.29 is 9.53 Å². The van der Waals surface area contributed by atoms with Gasteiger partial charge in [0.15, 0.2) is 0 Å². The van der Waals surface area contributed by atoms with Gasteiger partial charge >= 0.3 is 0 Å². The molecule has 17 heavy (non-hydrogen) atoms. The molecule has 1 rings (SSSR count). The van der Waals surface area contributed by atoms with E-state index in [0.29, 0.717) is 30.3 Å². The first-order valence-corrected chi connectivity index (χ1v) is 6.25. The van der Waals surface area contributed by atoms with Gasteiger partial charge in [0, 0.05) is 24.5 Å². The lowest BCUT2D eigenvalue weighted by Gasteiger charge is -2.20. The summed E-state index contributed by atoms with van der Waals surface area (Å²) in [6.07, 6.45) is 0.811. The van der Waals surface area contributed by atoms with Gasteiger partial charge in [-0.3, -0.25) is 4.79 Å². The van der Waals surface area contributed by atoms with Crippen LogP contribution in [0.25, 0.3) is 0 Å².